The zero-order valence-corrected chi connectivity index (χ0v) is 15.0. The zero-order chi connectivity index (χ0) is 17.4. The highest BCUT2D eigenvalue weighted by Gasteiger charge is 2.52. The molecule has 1 aromatic rings. The molecular formula is C17H25BO5. The van der Waals surface area contributed by atoms with E-state index in [2.05, 4.69) is 0 Å². The van der Waals surface area contributed by atoms with Crippen molar-refractivity contribution < 1.29 is 23.6 Å². The number of hydrogen-bond donors (Lipinski definition) is 0. The fraction of sp³-hybridized carbons (Fsp3) is 0.588. The fourth-order valence-electron chi connectivity index (χ4n) is 2.47. The summed E-state index contributed by atoms with van der Waals surface area (Å²) in [4.78, 5) is 12.1. The van der Waals surface area contributed by atoms with Crippen molar-refractivity contribution in [2.75, 3.05) is 13.7 Å². The first kappa shape index (κ1) is 17.8. The average molecular weight is 320 g/mol. The summed E-state index contributed by atoms with van der Waals surface area (Å²) in [6.07, 6.45) is 0. The van der Waals surface area contributed by atoms with Gasteiger partial charge in [-0.1, -0.05) is 0 Å². The van der Waals surface area contributed by atoms with E-state index in [0.717, 1.165) is 11.0 Å². The molecule has 0 unspecified atom stereocenters. The quantitative estimate of drug-likeness (QED) is 0.630. The molecule has 0 aliphatic carbocycles. The Kier molecular flexibility index (Phi) is 4.78. The number of esters is 1. The van der Waals surface area contributed by atoms with Crippen molar-refractivity contribution in [1.29, 1.82) is 0 Å². The van der Waals surface area contributed by atoms with Crippen LogP contribution in [-0.2, 0) is 14.0 Å². The largest absolute Gasteiger partial charge is 0.495 e. The van der Waals surface area contributed by atoms with Crippen LogP contribution in [0.15, 0.2) is 12.1 Å². The summed E-state index contributed by atoms with van der Waals surface area (Å²) in [6, 6.07) is 3.57. The predicted octanol–water partition coefficient (Wildman–Crippen LogP) is 2.48. The van der Waals surface area contributed by atoms with Crippen molar-refractivity contribution in [3.63, 3.8) is 0 Å². The molecule has 2 rings (SSSR count). The topological polar surface area (TPSA) is 54.0 Å². The minimum absolute atomic E-state index is 0.379. The molecule has 0 aromatic heterocycles. The van der Waals surface area contributed by atoms with Gasteiger partial charge in [-0.15, -0.1) is 0 Å². The molecule has 0 saturated carbocycles. The SMILES string of the molecule is CCOc1cc(C)c(B2OC(C)(C)C(C)(C)O2)cc1C(=O)OC. The number of methoxy groups -OCH3 is 1. The standard InChI is InChI=1S/C17H25BO5/c1-8-21-14-9-11(2)13(10-12(14)15(19)20-7)18-22-16(3,4)17(5,6)23-18/h9-10H,8H2,1-7H3. The first-order valence-corrected chi connectivity index (χ1v) is 7.84. The Labute approximate surface area is 138 Å². The molecule has 6 heteroatoms. The molecule has 0 bridgehead atoms. The zero-order valence-electron chi connectivity index (χ0n) is 15.0. The van der Waals surface area contributed by atoms with E-state index < -0.39 is 24.3 Å². The molecule has 1 heterocycles. The van der Waals surface area contributed by atoms with Gasteiger partial charge < -0.3 is 18.8 Å². The van der Waals surface area contributed by atoms with Crippen LogP contribution in [0.4, 0.5) is 0 Å². The molecule has 1 fully saturated rings. The summed E-state index contributed by atoms with van der Waals surface area (Å²) in [5.74, 6) is 0.0725. The summed E-state index contributed by atoms with van der Waals surface area (Å²) in [6.45, 7) is 12.3. The molecule has 0 N–H and O–H groups in total. The second kappa shape index (κ2) is 6.17. The van der Waals surface area contributed by atoms with Gasteiger partial charge in [0.1, 0.15) is 11.3 Å². The maximum atomic E-state index is 12.1. The van der Waals surface area contributed by atoms with Crippen LogP contribution >= 0.6 is 0 Å². The van der Waals surface area contributed by atoms with Gasteiger partial charge in [0, 0.05) is 0 Å². The Bertz CT molecular complexity index is 593. The number of carbonyl (C=O) groups is 1. The summed E-state index contributed by atoms with van der Waals surface area (Å²) >= 11 is 0. The van der Waals surface area contributed by atoms with E-state index in [-0.39, 0.29) is 0 Å². The van der Waals surface area contributed by atoms with E-state index in [1.807, 2.05) is 47.6 Å². The fourth-order valence-corrected chi connectivity index (χ4v) is 2.47. The monoisotopic (exact) mass is 320 g/mol. The van der Waals surface area contributed by atoms with Gasteiger partial charge in [0.15, 0.2) is 0 Å². The Morgan fingerprint density at radius 1 is 1.17 bits per heavy atom. The van der Waals surface area contributed by atoms with Crippen molar-refractivity contribution in [3.8, 4) is 5.75 Å². The number of rotatable bonds is 4. The minimum atomic E-state index is -0.529. The van der Waals surface area contributed by atoms with Gasteiger partial charge in [0.2, 0.25) is 0 Å². The van der Waals surface area contributed by atoms with E-state index in [4.69, 9.17) is 18.8 Å². The average Bonchev–Trinajstić information content (AvgIpc) is 2.67. The van der Waals surface area contributed by atoms with Crippen LogP contribution < -0.4 is 10.2 Å². The molecule has 1 aliphatic rings. The van der Waals surface area contributed by atoms with E-state index >= 15 is 0 Å². The third kappa shape index (κ3) is 3.24. The lowest BCUT2D eigenvalue weighted by atomic mass is 9.75. The van der Waals surface area contributed by atoms with Crippen LogP contribution in [0.25, 0.3) is 0 Å². The Morgan fingerprint density at radius 3 is 2.22 bits per heavy atom. The van der Waals surface area contributed by atoms with Crippen molar-refractivity contribution in [1.82, 2.24) is 0 Å². The third-order valence-corrected chi connectivity index (χ3v) is 4.58. The smallest absolute Gasteiger partial charge is 0.493 e. The Hall–Kier alpha value is -1.53. The lowest BCUT2D eigenvalue weighted by Gasteiger charge is -2.32. The maximum Gasteiger partial charge on any atom is 0.495 e. The van der Waals surface area contributed by atoms with Crippen molar-refractivity contribution >= 4 is 18.6 Å². The van der Waals surface area contributed by atoms with Crippen LogP contribution in [-0.4, -0.2) is 38.0 Å². The van der Waals surface area contributed by atoms with Crippen LogP contribution in [0.2, 0.25) is 0 Å². The number of ether oxygens (including phenoxy) is 2. The molecule has 0 radical (unpaired) electrons. The van der Waals surface area contributed by atoms with Crippen LogP contribution in [0, 0.1) is 6.92 Å². The summed E-state index contributed by atoms with van der Waals surface area (Å²) < 4.78 is 22.6. The number of benzene rings is 1. The van der Waals surface area contributed by atoms with E-state index in [9.17, 15) is 4.79 Å². The van der Waals surface area contributed by atoms with Crippen LogP contribution in [0.3, 0.4) is 0 Å². The summed E-state index contributed by atoms with van der Waals surface area (Å²) in [7, 11) is 0.825. The number of hydrogen-bond acceptors (Lipinski definition) is 5. The van der Waals surface area contributed by atoms with E-state index in [1.54, 1.807) is 6.07 Å². The van der Waals surface area contributed by atoms with Crippen molar-refractivity contribution in [2.45, 2.75) is 52.7 Å². The van der Waals surface area contributed by atoms with Crippen LogP contribution in [0.5, 0.6) is 5.75 Å². The highest BCUT2D eigenvalue weighted by molar-refractivity contribution is 6.62. The van der Waals surface area contributed by atoms with E-state index in [1.165, 1.54) is 7.11 Å². The lowest BCUT2D eigenvalue weighted by Crippen LogP contribution is -2.41. The molecule has 5 nitrogen and oxygen atoms in total. The minimum Gasteiger partial charge on any atom is -0.493 e. The van der Waals surface area contributed by atoms with Gasteiger partial charge >= 0.3 is 13.1 Å². The van der Waals surface area contributed by atoms with Gasteiger partial charge in [-0.25, -0.2) is 4.79 Å². The van der Waals surface area contributed by atoms with Crippen molar-refractivity contribution in [2.24, 2.45) is 0 Å². The first-order valence-electron chi connectivity index (χ1n) is 7.84. The molecule has 126 valence electrons. The molecule has 0 amide bonds. The van der Waals surface area contributed by atoms with Gasteiger partial charge in [-0.2, -0.15) is 0 Å². The van der Waals surface area contributed by atoms with Gasteiger partial charge in [0.05, 0.1) is 24.9 Å². The molecular weight excluding hydrogens is 295 g/mol. The second-order valence-electron chi connectivity index (χ2n) is 6.72. The Morgan fingerprint density at radius 2 is 1.74 bits per heavy atom. The third-order valence-electron chi connectivity index (χ3n) is 4.58. The van der Waals surface area contributed by atoms with Gasteiger partial charge in [-0.05, 0) is 64.7 Å². The molecule has 1 aliphatic heterocycles. The van der Waals surface area contributed by atoms with Crippen LogP contribution in [0.1, 0.15) is 50.5 Å². The van der Waals surface area contributed by atoms with E-state index in [0.29, 0.717) is 17.9 Å². The van der Waals surface area contributed by atoms with Gasteiger partial charge in [0.25, 0.3) is 0 Å². The van der Waals surface area contributed by atoms with Crippen molar-refractivity contribution in [3.05, 3.63) is 23.3 Å². The molecule has 0 atom stereocenters. The van der Waals surface area contributed by atoms with Gasteiger partial charge in [-0.3, -0.25) is 0 Å². The summed E-state index contributed by atoms with van der Waals surface area (Å²) in [5.41, 5.74) is 1.26. The molecule has 0 spiro atoms. The lowest BCUT2D eigenvalue weighted by molar-refractivity contribution is 0.00578. The maximum absolute atomic E-state index is 12.1. The molecule has 1 saturated heterocycles. The number of aryl methyl sites for hydroxylation is 1. The normalized spacial score (nSPS) is 18.8. The molecule has 1 aromatic carbocycles. The Balaban J connectivity index is 2.46. The predicted molar refractivity (Wildman–Crippen MR) is 89.4 cm³/mol. The summed E-state index contributed by atoms with van der Waals surface area (Å²) in [5, 5.41) is 0. The highest BCUT2D eigenvalue weighted by atomic mass is 16.7. The highest BCUT2D eigenvalue weighted by Crippen LogP contribution is 2.37. The second-order valence-corrected chi connectivity index (χ2v) is 6.72. The first-order chi connectivity index (χ1) is 10.6. The molecule has 23 heavy (non-hydrogen) atoms. The number of carbonyl (C=O) groups excluding carboxylic acids is 1.